The minimum atomic E-state index is -2.98. The third kappa shape index (κ3) is 4.39. The van der Waals surface area contributed by atoms with Gasteiger partial charge in [-0.05, 0) is 50.5 Å². The number of hydrogen-bond acceptors (Lipinski definition) is 5. The van der Waals surface area contributed by atoms with E-state index in [4.69, 9.17) is 4.74 Å². The van der Waals surface area contributed by atoms with Gasteiger partial charge in [0.2, 0.25) is 0 Å². The number of piperazine rings is 1. The highest BCUT2D eigenvalue weighted by Crippen LogP contribution is 2.30. The van der Waals surface area contributed by atoms with Crippen molar-refractivity contribution < 1.29 is 13.2 Å². The average Bonchev–Trinajstić information content (AvgIpc) is 2.93. The number of sulfone groups is 1. The van der Waals surface area contributed by atoms with E-state index in [1.165, 1.54) is 16.7 Å². The van der Waals surface area contributed by atoms with Crippen LogP contribution in [0.25, 0.3) is 0 Å². The summed E-state index contributed by atoms with van der Waals surface area (Å²) in [6.07, 6.45) is 2.20. The number of allylic oxidation sites excluding steroid dienone is 1. The maximum Gasteiger partial charge on any atom is 0.153 e. The van der Waals surface area contributed by atoms with Crippen LogP contribution in [0, 0.1) is 13.8 Å². The predicted molar refractivity (Wildman–Crippen MR) is 110 cm³/mol. The largest absolute Gasteiger partial charge is 0.496 e. The van der Waals surface area contributed by atoms with E-state index in [0.717, 1.165) is 37.5 Å². The molecule has 2 fully saturated rings. The van der Waals surface area contributed by atoms with Crippen molar-refractivity contribution >= 4 is 9.84 Å². The first kappa shape index (κ1) is 20.4. The molecule has 0 N–H and O–H groups in total. The van der Waals surface area contributed by atoms with E-state index in [-0.39, 0.29) is 23.6 Å². The highest BCUT2D eigenvalue weighted by molar-refractivity contribution is 7.91. The van der Waals surface area contributed by atoms with Crippen molar-refractivity contribution in [2.45, 2.75) is 46.3 Å². The summed E-state index contributed by atoms with van der Waals surface area (Å²) >= 11 is 0. The number of fused-ring (bicyclic) bond motifs is 1. The molecule has 0 bridgehead atoms. The number of hydrogen-bond donors (Lipinski definition) is 0. The van der Waals surface area contributed by atoms with Crippen LogP contribution in [-0.2, 0) is 16.4 Å². The van der Waals surface area contributed by atoms with Gasteiger partial charge in [-0.1, -0.05) is 17.7 Å². The van der Waals surface area contributed by atoms with Crippen LogP contribution in [0.5, 0.6) is 5.75 Å². The van der Waals surface area contributed by atoms with Gasteiger partial charge in [-0.15, -0.1) is 0 Å². The first-order chi connectivity index (χ1) is 12.7. The van der Waals surface area contributed by atoms with E-state index in [1.807, 2.05) is 6.07 Å². The Morgan fingerprint density at radius 2 is 1.74 bits per heavy atom. The summed E-state index contributed by atoms with van der Waals surface area (Å²) in [5.41, 5.74) is 4.93. The minimum Gasteiger partial charge on any atom is -0.496 e. The molecular formula is C21H32N2O3S. The molecule has 0 aromatic heterocycles. The second-order valence-corrected chi connectivity index (χ2v) is 10.3. The van der Waals surface area contributed by atoms with E-state index >= 15 is 0 Å². The van der Waals surface area contributed by atoms with Crippen LogP contribution in [0.15, 0.2) is 23.8 Å². The summed E-state index contributed by atoms with van der Waals surface area (Å²) < 4.78 is 30.2. The fraction of sp³-hybridized carbons (Fsp3) is 0.619. The molecule has 2 heterocycles. The molecule has 150 valence electrons. The first-order valence-electron chi connectivity index (χ1n) is 9.67. The van der Waals surface area contributed by atoms with Gasteiger partial charge in [0.05, 0.1) is 18.6 Å². The van der Waals surface area contributed by atoms with Gasteiger partial charge in [0.15, 0.2) is 9.84 Å². The number of methoxy groups -OCH3 is 1. The standard InChI is InChI=1S/C21H32N2O3S/c1-15(2)8-9-22-10-11-23(20-14-27(24,25)13-19(20)22)12-18-6-7-21(26-5)17(4)16(18)3/h6-8,19-20H,9-14H2,1-5H3/t19-,20+/m1/s1. The average molecular weight is 393 g/mol. The highest BCUT2D eigenvalue weighted by atomic mass is 32.2. The van der Waals surface area contributed by atoms with Gasteiger partial charge in [0, 0.05) is 38.3 Å². The predicted octanol–water partition coefficient (Wildman–Crippen LogP) is 2.56. The summed E-state index contributed by atoms with van der Waals surface area (Å²) in [6.45, 7) is 11.8. The van der Waals surface area contributed by atoms with Gasteiger partial charge in [-0.3, -0.25) is 9.80 Å². The molecule has 27 heavy (non-hydrogen) atoms. The molecule has 1 aromatic rings. The van der Waals surface area contributed by atoms with Crippen LogP contribution >= 0.6 is 0 Å². The van der Waals surface area contributed by atoms with Gasteiger partial charge < -0.3 is 4.74 Å². The van der Waals surface area contributed by atoms with Crippen molar-refractivity contribution in [2.75, 3.05) is 38.2 Å². The van der Waals surface area contributed by atoms with E-state index in [2.05, 4.69) is 49.6 Å². The second-order valence-electron chi connectivity index (χ2n) is 8.14. The fourth-order valence-electron chi connectivity index (χ4n) is 4.28. The van der Waals surface area contributed by atoms with Crippen molar-refractivity contribution in [3.8, 4) is 5.75 Å². The zero-order chi connectivity index (χ0) is 19.8. The summed E-state index contributed by atoms with van der Waals surface area (Å²) in [6, 6.07) is 4.32. The molecule has 6 heteroatoms. The lowest BCUT2D eigenvalue weighted by Crippen LogP contribution is -2.58. The molecule has 5 nitrogen and oxygen atoms in total. The van der Waals surface area contributed by atoms with Gasteiger partial charge in [-0.2, -0.15) is 0 Å². The maximum absolute atomic E-state index is 12.4. The van der Waals surface area contributed by atoms with Crippen LogP contribution in [0.3, 0.4) is 0 Å². The lowest BCUT2D eigenvalue weighted by atomic mass is 9.99. The Labute approximate surface area is 163 Å². The van der Waals surface area contributed by atoms with E-state index in [1.54, 1.807) is 7.11 Å². The van der Waals surface area contributed by atoms with Gasteiger partial charge in [-0.25, -0.2) is 8.42 Å². The topological polar surface area (TPSA) is 49.9 Å². The van der Waals surface area contributed by atoms with Crippen LogP contribution in [0.2, 0.25) is 0 Å². The van der Waals surface area contributed by atoms with Crippen LogP contribution < -0.4 is 4.74 Å². The second kappa shape index (κ2) is 7.94. The summed E-state index contributed by atoms with van der Waals surface area (Å²) in [5.74, 6) is 1.46. The van der Waals surface area contributed by atoms with Crippen LogP contribution in [-0.4, -0.2) is 68.6 Å². The van der Waals surface area contributed by atoms with Crippen molar-refractivity contribution in [1.82, 2.24) is 9.80 Å². The molecule has 3 rings (SSSR count). The van der Waals surface area contributed by atoms with Gasteiger partial charge in [0.1, 0.15) is 5.75 Å². The number of rotatable bonds is 5. The van der Waals surface area contributed by atoms with Gasteiger partial charge in [0.25, 0.3) is 0 Å². The Morgan fingerprint density at radius 1 is 1.11 bits per heavy atom. The summed E-state index contributed by atoms with van der Waals surface area (Å²) in [5, 5.41) is 0. The molecular weight excluding hydrogens is 360 g/mol. The molecule has 0 unspecified atom stereocenters. The molecule has 0 amide bonds. The van der Waals surface area contributed by atoms with E-state index in [0.29, 0.717) is 0 Å². The molecule has 0 saturated carbocycles. The molecule has 2 atom stereocenters. The highest BCUT2D eigenvalue weighted by Gasteiger charge is 2.46. The molecule has 2 aliphatic heterocycles. The molecule has 0 aliphatic carbocycles. The van der Waals surface area contributed by atoms with Crippen LogP contribution in [0.4, 0.5) is 0 Å². The zero-order valence-electron chi connectivity index (χ0n) is 17.2. The van der Waals surface area contributed by atoms with Crippen molar-refractivity contribution in [3.05, 3.63) is 40.5 Å². The third-order valence-corrected chi connectivity index (χ3v) is 7.78. The molecule has 2 saturated heterocycles. The molecule has 2 aliphatic rings. The van der Waals surface area contributed by atoms with E-state index in [9.17, 15) is 8.42 Å². The maximum atomic E-state index is 12.4. The lowest BCUT2D eigenvalue weighted by Gasteiger charge is -2.44. The Kier molecular flexibility index (Phi) is 5.99. The molecule has 0 spiro atoms. The molecule has 1 aromatic carbocycles. The smallest absolute Gasteiger partial charge is 0.153 e. The Hall–Kier alpha value is -1.37. The van der Waals surface area contributed by atoms with Crippen molar-refractivity contribution in [2.24, 2.45) is 0 Å². The fourth-order valence-corrected chi connectivity index (χ4v) is 6.33. The molecule has 0 radical (unpaired) electrons. The SMILES string of the molecule is COc1ccc(CN2CCN(CC=C(C)C)[C@@H]3CS(=O)(=O)C[C@@H]32)c(C)c1C. The van der Waals surface area contributed by atoms with Gasteiger partial charge >= 0.3 is 0 Å². The third-order valence-electron chi connectivity index (χ3n) is 6.08. The van der Waals surface area contributed by atoms with Crippen molar-refractivity contribution in [1.29, 1.82) is 0 Å². The minimum absolute atomic E-state index is 0.0797. The normalized spacial score (nSPS) is 25.2. The zero-order valence-corrected chi connectivity index (χ0v) is 18.0. The monoisotopic (exact) mass is 392 g/mol. The number of benzene rings is 1. The summed E-state index contributed by atoms with van der Waals surface area (Å²) in [4.78, 5) is 4.73. The Bertz CT molecular complexity index is 828. The van der Waals surface area contributed by atoms with Crippen LogP contribution in [0.1, 0.15) is 30.5 Å². The van der Waals surface area contributed by atoms with Crippen molar-refractivity contribution in [3.63, 3.8) is 0 Å². The number of ether oxygens (including phenoxy) is 1. The Balaban J connectivity index is 1.82. The summed E-state index contributed by atoms with van der Waals surface area (Å²) in [7, 11) is -1.28. The quantitative estimate of drug-likeness (QED) is 0.721. The van der Waals surface area contributed by atoms with E-state index < -0.39 is 9.84 Å². The Morgan fingerprint density at radius 3 is 2.37 bits per heavy atom. The lowest BCUT2D eigenvalue weighted by molar-refractivity contribution is 0.0476. The number of nitrogens with zero attached hydrogens (tertiary/aromatic N) is 2. The first-order valence-corrected chi connectivity index (χ1v) is 11.5.